The molecule has 0 aliphatic heterocycles. The zero-order valence-electron chi connectivity index (χ0n) is 17.1. The quantitative estimate of drug-likeness (QED) is 0.337. The van der Waals surface area contributed by atoms with Crippen molar-refractivity contribution in [1.29, 1.82) is 0 Å². The Kier molecular flexibility index (Phi) is 14.8. The number of aliphatic carboxylic acids is 2. The summed E-state index contributed by atoms with van der Waals surface area (Å²) in [5.74, 6) is -1.64. The number of nitrogens with two attached hydrogens (primary N) is 1. The van der Waals surface area contributed by atoms with Crippen molar-refractivity contribution >= 4 is 52.4 Å². The van der Waals surface area contributed by atoms with Crippen LogP contribution in [-0.4, -0.2) is 62.7 Å². The largest absolute Gasteiger partial charge is 0.481 e. The summed E-state index contributed by atoms with van der Waals surface area (Å²) in [5.41, 5.74) is 7.43. The first-order valence-electron chi connectivity index (χ1n) is 9.70. The molecule has 0 saturated heterocycles. The number of carboxylic acids is 2. The van der Waals surface area contributed by atoms with Crippen LogP contribution in [0.5, 0.6) is 0 Å². The Morgan fingerprint density at radius 2 is 1.64 bits per heavy atom. The fraction of sp³-hybridized carbons (Fsp3) is 0.524. The monoisotopic (exact) mass is 399 g/mol. The van der Waals surface area contributed by atoms with E-state index in [9.17, 15) is 9.59 Å². The van der Waals surface area contributed by atoms with E-state index < -0.39 is 18.0 Å². The van der Waals surface area contributed by atoms with E-state index in [0.29, 0.717) is 12.8 Å². The molecule has 1 atom stereocenters. The van der Waals surface area contributed by atoms with Gasteiger partial charge in [-0.25, -0.2) is 0 Å². The Bertz CT molecular complexity index is 703. The van der Waals surface area contributed by atoms with E-state index in [1.54, 1.807) is 0 Å². The van der Waals surface area contributed by atoms with E-state index in [0.717, 1.165) is 29.3 Å². The van der Waals surface area contributed by atoms with Crippen LogP contribution in [0.25, 0.3) is 10.9 Å². The molecule has 0 fully saturated rings. The third kappa shape index (κ3) is 10.9. The van der Waals surface area contributed by atoms with Gasteiger partial charge in [-0.1, -0.05) is 63.6 Å². The topological polar surface area (TPSA) is 116 Å². The number of nitrogens with one attached hydrogen (secondary N) is 1. The van der Waals surface area contributed by atoms with Crippen molar-refractivity contribution in [2.24, 2.45) is 5.73 Å². The second kappa shape index (κ2) is 15.6. The fourth-order valence-corrected chi connectivity index (χ4v) is 2.86. The first kappa shape index (κ1) is 26.7. The number of hydrogen-bond acceptors (Lipinski definition) is 3. The summed E-state index contributed by atoms with van der Waals surface area (Å²) < 4.78 is 0. The molecular formula is C21H32N2NaO4. The molecule has 0 saturated carbocycles. The number of unbranched alkanes of at least 4 members (excludes halogenated alkanes) is 6. The molecule has 2 aromatic rings. The molecule has 0 unspecified atom stereocenters. The average Bonchev–Trinajstić information content (AvgIpc) is 3.04. The average molecular weight is 399 g/mol. The first-order valence-corrected chi connectivity index (χ1v) is 9.70. The van der Waals surface area contributed by atoms with Crippen molar-refractivity contribution in [3.05, 3.63) is 36.0 Å². The smallest absolute Gasteiger partial charge is 0.320 e. The number of carbonyl (C=O) groups is 2. The van der Waals surface area contributed by atoms with Crippen LogP contribution in [0.4, 0.5) is 0 Å². The number of hydrogen-bond donors (Lipinski definition) is 4. The Balaban J connectivity index is 0.000000518. The van der Waals surface area contributed by atoms with E-state index in [1.165, 1.54) is 32.1 Å². The van der Waals surface area contributed by atoms with E-state index >= 15 is 0 Å². The molecule has 0 aliphatic rings. The van der Waals surface area contributed by atoms with Gasteiger partial charge in [0.2, 0.25) is 0 Å². The Morgan fingerprint density at radius 1 is 1.04 bits per heavy atom. The molecule has 6 nitrogen and oxygen atoms in total. The van der Waals surface area contributed by atoms with Gasteiger partial charge in [0.25, 0.3) is 0 Å². The van der Waals surface area contributed by atoms with Crippen molar-refractivity contribution in [2.75, 3.05) is 0 Å². The molecule has 7 heteroatoms. The zero-order valence-corrected chi connectivity index (χ0v) is 19.1. The number of benzene rings is 1. The maximum atomic E-state index is 10.6. The second-order valence-electron chi connectivity index (χ2n) is 6.77. The molecule has 0 bridgehead atoms. The Hall–Kier alpha value is -1.34. The minimum Gasteiger partial charge on any atom is -0.481 e. The van der Waals surface area contributed by atoms with Gasteiger partial charge in [-0.05, 0) is 18.1 Å². The van der Waals surface area contributed by atoms with Crippen LogP contribution in [0.2, 0.25) is 0 Å². The van der Waals surface area contributed by atoms with Gasteiger partial charge in [0.1, 0.15) is 6.04 Å². The predicted molar refractivity (Wildman–Crippen MR) is 114 cm³/mol. The molecule has 1 aromatic carbocycles. The third-order valence-electron chi connectivity index (χ3n) is 4.43. The first-order chi connectivity index (χ1) is 13.0. The normalized spacial score (nSPS) is 11.2. The standard InChI is InChI=1S/C11H12N2O2.C10H20O2.Na/c12-9(11(14)15)5-7-6-13-10-4-2-1-3-8(7)10;1-2-3-4-5-6-7-8-9-10(11)12;/h1-4,6,9,13H,5,12H2,(H,14,15);2-9H2,1H3,(H,11,12);/t9-;;/m0../s1. The minimum absolute atomic E-state index is 0. The van der Waals surface area contributed by atoms with Gasteiger partial charge < -0.3 is 20.9 Å². The molecule has 0 amide bonds. The van der Waals surface area contributed by atoms with Gasteiger partial charge >= 0.3 is 11.9 Å². The molecule has 1 aromatic heterocycles. The van der Waals surface area contributed by atoms with Crippen LogP contribution >= 0.6 is 0 Å². The van der Waals surface area contributed by atoms with Crippen molar-refractivity contribution in [3.8, 4) is 0 Å². The molecule has 0 spiro atoms. The van der Waals surface area contributed by atoms with Crippen LogP contribution in [0.1, 0.15) is 63.9 Å². The zero-order chi connectivity index (χ0) is 20.1. The van der Waals surface area contributed by atoms with E-state index in [2.05, 4.69) is 11.9 Å². The van der Waals surface area contributed by atoms with Gasteiger partial charge in [0, 0.05) is 59.5 Å². The third-order valence-corrected chi connectivity index (χ3v) is 4.43. The van der Waals surface area contributed by atoms with E-state index in [-0.39, 0.29) is 29.6 Å². The fourth-order valence-electron chi connectivity index (χ4n) is 2.86. The van der Waals surface area contributed by atoms with Gasteiger partial charge in [0.05, 0.1) is 0 Å². The van der Waals surface area contributed by atoms with Crippen LogP contribution < -0.4 is 5.73 Å². The number of para-hydroxylation sites is 1. The van der Waals surface area contributed by atoms with Crippen LogP contribution in [0.15, 0.2) is 30.5 Å². The summed E-state index contributed by atoms with van der Waals surface area (Å²) in [4.78, 5) is 23.8. The SMILES string of the molecule is CCCCCCCCCC(=O)O.N[C@@H](Cc1c[nH]c2ccccc12)C(=O)O.[Na]. The maximum Gasteiger partial charge on any atom is 0.320 e. The maximum absolute atomic E-state index is 10.6. The summed E-state index contributed by atoms with van der Waals surface area (Å²) >= 11 is 0. The Labute approximate surface area is 189 Å². The minimum atomic E-state index is -0.972. The number of aromatic nitrogens is 1. The van der Waals surface area contributed by atoms with Crippen LogP contribution in [0.3, 0.4) is 0 Å². The predicted octanol–water partition coefficient (Wildman–Crippen LogP) is 3.95. The van der Waals surface area contributed by atoms with Gasteiger partial charge in [0.15, 0.2) is 0 Å². The van der Waals surface area contributed by atoms with Gasteiger partial charge in [-0.3, -0.25) is 9.59 Å². The number of H-pyrrole nitrogens is 1. The molecule has 2 rings (SSSR count). The number of fused-ring (bicyclic) bond motifs is 1. The summed E-state index contributed by atoms with van der Waals surface area (Å²) in [6.07, 6.45) is 10.8. The van der Waals surface area contributed by atoms with Gasteiger partial charge in [-0.2, -0.15) is 0 Å². The molecule has 0 aliphatic carbocycles. The van der Waals surface area contributed by atoms with Crippen molar-refractivity contribution in [3.63, 3.8) is 0 Å². The Morgan fingerprint density at radius 3 is 2.25 bits per heavy atom. The van der Waals surface area contributed by atoms with Crippen LogP contribution in [-0.2, 0) is 16.0 Å². The summed E-state index contributed by atoms with van der Waals surface area (Å²) in [7, 11) is 0. The number of rotatable bonds is 11. The van der Waals surface area contributed by atoms with Crippen molar-refractivity contribution < 1.29 is 19.8 Å². The molecule has 5 N–H and O–H groups in total. The summed E-state index contributed by atoms with van der Waals surface area (Å²) in [5, 5.41) is 18.1. The molecular weight excluding hydrogens is 367 g/mol. The molecule has 1 radical (unpaired) electrons. The molecule has 151 valence electrons. The summed E-state index contributed by atoms with van der Waals surface area (Å²) in [6, 6.07) is 6.91. The molecule has 1 heterocycles. The van der Waals surface area contributed by atoms with E-state index in [1.807, 2.05) is 30.5 Å². The number of aromatic amines is 1. The van der Waals surface area contributed by atoms with E-state index in [4.69, 9.17) is 15.9 Å². The number of carboxylic acid groups (broad SMARTS) is 2. The molecule has 28 heavy (non-hydrogen) atoms. The van der Waals surface area contributed by atoms with Gasteiger partial charge in [-0.15, -0.1) is 0 Å². The second-order valence-corrected chi connectivity index (χ2v) is 6.77. The van der Waals surface area contributed by atoms with Crippen LogP contribution in [0, 0.1) is 0 Å². The van der Waals surface area contributed by atoms with Crippen molar-refractivity contribution in [2.45, 2.75) is 70.8 Å². The van der Waals surface area contributed by atoms with Crippen molar-refractivity contribution in [1.82, 2.24) is 4.98 Å². The summed E-state index contributed by atoms with van der Waals surface area (Å²) in [6.45, 7) is 2.20.